The Morgan fingerprint density at radius 1 is 1.17 bits per heavy atom. The summed E-state index contributed by atoms with van der Waals surface area (Å²) >= 11 is 3.28. The summed E-state index contributed by atoms with van der Waals surface area (Å²) in [6.07, 6.45) is 0. The third kappa shape index (κ3) is 2.82. The van der Waals surface area contributed by atoms with E-state index in [1.165, 1.54) is 0 Å². The Kier molecular flexibility index (Phi) is 4.20. The molecular formula is C14H14BrNO2. The number of benzene rings is 1. The fourth-order valence-corrected chi connectivity index (χ4v) is 2.12. The van der Waals surface area contributed by atoms with Crippen molar-refractivity contribution < 1.29 is 4.74 Å². The van der Waals surface area contributed by atoms with E-state index in [0.29, 0.717) is 11.9 Å². The van der Waals surface area contributed by atoms with Crippen molar-refractivity contribution in [2.24, 2.45) is 0 Å². The van der Waals surface area contributed by atoms with E-state index in [-0.39, 0.29) is 5.56 Å². The number of hydrogen-bond donors (Lipinski definition) is 1. The minimum atomic E-state index is -0.0572. The number of aromatic amines is 1. The van der Waals surface area contributed by atoms with Crippen LogP contribution in [0.1, 0.15) is 12.5 Å². The topological polar surface area (TPSA) is 42.1 Å². The number of rotatable bonds is 4. The van der Waals surface area contributed by atoms with E-state index in [4.69, 9.17) is 4.74 Å². The van der Waals surface area contributed by atoms with Crippen LogP contribution in [0.3, 0.4) is 0 Å². The Morgan fingerprint density at radius 2 is 1.89 bits per heavy atom. The Bertz CT molecular complexity index is 575. The van der Waals surface area contributed by atoms with E-state index in [9.17, 15) is 4.79 Å². The highest BCUT2D eigenvalue weighted by Gasteiger charge is 2.02. The average molecular weight is 308 g/mol. The second-order valence-corrected chi connectivity index (χ2v) is 4.38. The van der Waals surface area contributed by atoms with Crippen molar-refractivity contribution >= 4 is 15.9 Å². The average Bonchev–Trinajstić information content (AvgIpc) is 2.40. The Hall–Kier alpha value is -1.55. The number of nitrogens with one attached hydrogen (secondary N) is 1. The summed E-state index contributed by atoms with van der Waals surface area (Å²) in [7, 11) is 0. The highest BCUT2D eigenvalue weighted by Crippen LogP contribution is 2.20. The minimum absolute atomic E-state index is 0.0572. The molecule has 0 atom stereocenters. The number of aromatic nitrogens is 1. The lowest BCUT2D eigenvalue weighted by Gasteiger charge is -2.05. The van der Waals surface area contributed by atoms with E-state index < -0.39 is 0 Å². The maximum absolute atomic E-state index is 11.7. The molecule has 2 aromatic rings. The Labute approximate surface area is 114 Å². The monoisotopic (exact) mass is 307 g/mol. The van der Waals surface area contributed by atoms with Crippen LogP contribution in [0.2, 0.25) is 0 Å². The van der Waals surface area contributed by atoms with E-state index in [2.05, 4.69) is 20.9 Å². The molecule has 94 valence electrons. The van der Waals surface area contributed by atoms with Crippen LogP contribution in [-0.2, 0) is 5.33 Å². The Balaban J connectivity index is 2.31. The van der Waals surface area contributed by atoms with E-state index in [1.807, 2.05) is 43.3 Å². The molecule has 1 aromatic carbocycles. The van der Waals surface area contributed by atoms with Crippen LogP contribution in [0.4, 0.5) is 0 Å². The van der Waals surface area contributed by atoms with Crippen LogP contribution in [-0.4, -0.2) is 11.6 Å². The number of pyridine rings is 1. The second-order valence-electron chi connectivity index (χ2n) is 3.82. The molecular weight excluding hydrogens is 294 g/mol. The predicted octanol–water partition coefficient (Wildman–Crippen LogP) is 3.34. The number of hydrogen-bond acceptors (Lipinski definition) is 2. The van der Waals surface area contributed by atoms with Crippen molar-refractivity contribution in [3.05, 3.63) is 52.3 Å². The first-order valence-electron chi connectivity index (χ1n) is 5.76. The van der Waals surface area contributed by atoms with E-state index in [1.54, 1.807) is 0 Å². The molecule has 0 aliphatic heterocycles. The number of ether oxygens (including phenoxy) is 1. The summed E-state index contributed by atoms with van der Waals surface area (Å²) in [4.78, 5) is 14.6. The van der Waals surface area contributed by atoms with Gasteiger partial charge in [-0.2, -0.15) is 0 Å². The van der Waals surface area contributed by atoms with Gasteiger partial charge in [-0.05, 0) is 42.8 Å². The summed E-state index contributed by atoms with van der Waals surface area (Å²) in [5.74, 6) is 0.834. The molecule has 1 aromatic heterocycles. The molecule has 0 aliphatic carbocycles. The third-order valence-electron chi connectivity index (χ3n) is 2.61. The first-order chi connectivity index (χ1) is 8.74. The highest BCUT2D eigenvalue weighted by molar-refractivity contribution is 9.08. The molecule has 0 aliphatic rings. The molecule has 0 radical (unpaired) electrons. The molecule has 2 rings (SSSR count). The molecule has 0 fully saturated rings. The van der Waals surface area contributed by atoms with Gasteiger partial charge in [-0.1, -0.05) is 22.0 Å². The third-order valence-corrected chi connectivity index (χ3v) is 3.22. The molecule has 3 nitrogen and oxygen atoms in total. The first-order valence-corrected chi connectivity index (χ1v) is 6.88. The lowest BCUT2D eigenvalue weighted by atomic mass is 10.1. The first kappa shape index (κ1) is 12.9. The number of H-pyrrole nitrogens is 1. The maximum atomic E-state index is 11.7. The van der Waals surface area contributed by atoms with Crippen LogP contribution >= 0.6 is 15.9 Å². The Morgan fingerprint density at radius 3 is 2.44 bits per heavy atom. The lowest BCUT2D eigenvalue weighted by Crippen LogP contribution is -2.11. The van der Waals surface area contributed by atoms with Crippen molar-refractivity contribution in [1.82, 2.24) is 4.98 Å². The van der Waals surface area contributed by atoms with Crippen LogP contribution in [0.25, 0.3) is 11.3 Å². The molecule has 0 spiro atoms. The van der Waals surface area contributed by atoms with Gasteiger partial charge in [0.25, 0.3) is 5.56 Å². The molecule has 0 unspecified atom stereocenters. The fraction of sp³-hybridized carbons (Fsp3) is 0.214. The highest BCUT2D eigenvalue weighted by atomic mass is 79.9. The normalized spacial score (nSPS) is 10.3. The molecule has 1 heterocycles. The van der Waals surface area contributed by atoms with Gasteiger partial charge < -0.3 is 9.72 Å². The van der Waals surface area contributed by atoms with Gasteiger partial charge in [-0.3, -0.25) is 4.79 Å². The summed E-state index contributed by atoms with van der Waals surface area (Å²) in [6.45, 7) is 2.60. The SMILES string of the molecule is CCOc1ccc(-c2ccc(CBr)c(=O)[nH]2)cc1. The van der Waals surface area contributed by atoms with Gasteiger partial charge in [0.15, 0.2) is 0 Å². The molecule has 0 saturated carbocycles. The lowest BCUT2D eigenvalue weighted by molar-refractivity contribution is 0.340. The minimum Gasteiger partial charge on any atom is -0.494 e. The molecule has 18 heavy (non-hydrogen) atoms. The van der Waals surface area contributed by atoms with Crippen molar-refractivity contribution in [3.8, 4) is 17.0 Å². The zero-order valence-electron chi connectivity index (χ0n) is 10.1. The van der Waals surface area contributed by atoms with Gasteiger partial charge in [0.1, 0.15) is 5.75 Å². The summed E-state index contributed by atoms with van der Waals surface area (Å²) < 4.78 is 5.38. The van der Waals surface area contributed by atoms with Crippen molar-refractivity contribution in [2.75, 3.05) is 6.61 Å². The van der Waals surface area contributed by atoms with E-state index in [0.717, 1.165) is 22.6 Å². The summed E-state index contributed by atoms with van der Waals surface area (Å²) in [5, 5.41) is 0.561. The fourth-order valence-electron chi connectivity index (χ4n) is 1.67. The second kappa shape index (κ2) is 5.87. The number of alkyl halides is 1. The standard InChI is InChI=1S/C14H14BrNO2/c1-2-18-12-6-3-10(4-7-12)13-8-5-11(9-15)14(17)16-13/h3-8H,2,9H2,1H3,(H,16,17). The van der Waals surface area contributed by atoms with Gasteiger partial charge in [-0.15, -0.1) is 0 Å². The van der Waals surface area contributed by atoms with Crippen LogP contribution in [0.5, 0.6) is 5.75 Å². The molecule has 0 bridgehead atoms. The van der Waals surface area contributed by atoms with Crippen LogP contribution < -0.4 is 10.3 Å². The van der Waals surface area contributed by atoms with Gasteiger partial charge in [0.2, 0.25) is 0 Å². The van der Waals surface area contributed by atoms with Gasteiger partial charge in [0.05, 0.1) is 6.61 Å². The van der Waals surface area contributed by atoms with Crippen LogP contribution in [0, 0.1) is 0 Å². The zero-order valence-corrected chi connectivity index (χ0v) is 11.7. The van der Waals surface area contributed by atoms with Crippen molar-refractivity contribution in [3.63, 3.8) is 0 Å². The molecule has 0 amide bonds. The molecule has 4 heteroatoms. The van der Waals surface area contributed by atoms with Crippen molar-refractivity contribution in [1.29, 1.82) is 0 Å². The smallest absolute Gasteiger partial charge is 0.252 e. The maximum Gasteiger partial charge on any atom is 0.252 e. The largest absolute Gasteiger partial charge is 0.494 e. The number of halogens is 1. The van der Waals surface area contributed by atoms with Crippen LogP contribution in [0.15, 0.2) is 41.2 Å². The van der Waals surface area contributed by atoms with Gasteiger partial charge in [0, 0.05) is 16.6 Å². The summed E-state index contributed by atoms with van der Waals surface area (Å²) in [6, 6.07) is 11.4. The van der Waals surface area contributed by atoms with E-state index >= 15 is 0 Å². The predicted molar refractivity (Wildman–Crippen MR) is 76.3 cm³/mol. The van der Waals surface area contributed by atoms with Gasteiger partial charge in [-0.25, -0.2) is 0 Å². The van der Waals surface area contributed by atoms with Crippen molar-refractivity contribution in [2.45, 2.75) is 12.3 Å². The van der Waals surface area contributed by atoms with Gasteiger partial charge >= 0.3 is 0 Å². The molecule has 0 saturated heterocycles. The summed E-state index contributed by atoms with van der Waals surface area (Å²) in [5.41, 5.74) is 2.45. The quantitative estimate of drug-likeness (QED) is 0.880. The zero-order chi connectivity index (χ0) is 13.0. The molecule has 1 N–H and O–H groups in total.